The van der Waals surface area contributed by atoms with Crippen LogP contribution < -0.4 is 16.0 Å². The Labute approximate surface area is 184 Å². The van der Waals surface area contributed by atoms with E-state index in [1.54, 1.807) is 24.3 Å². The number of hydrogen-bond donors (Lipinski definition) is 4. The van der Waals surface area contributed by atoms with Crippen LogP contribution in [0.25, 0.3) is 11.3 Å². The molecule has 6 nitrogen and oxygen atoms in total. The van der Waals surface area contributed by atoms with E-state index in [0.717, 1.165) is 17.8 Å². The molecular formula is C25H22FN3O3. The zero-order chi connectivity index (χ0) is 22.7. The van der Waals surface area contributed by atoms with Gasteiger partial charge in [0.1, 0.15) is 5.82 Å². The maximum atomic E-state index is 13.7. The van der Waals surface area contributed by atoms with E-state index in [4.69, 9.17) is 0 Å². The summed E-state index contributed by atoms with van der Waals surface area (Å²) in [6.45, 7) is 0.729. The lowest BCUT2D eigenvalue weighted by molar-refractivity contribution is -0.136. The number of fused-ring (bicyclic) bond motifs is 1. The van der Waals surface area contributed by atoms with Crippen molar-refractivity contribution >= 4 is 34.5 Å². The Hall–Kier alpha value is -3.97. The molecule has 0 atom stereocenters. The summed E-state index contributed by atoms with van der Waals surface area (Å²) in [4.78, 5) is 24.1. The standard InChI is InChI=1S/C25H22FN3O3/c1-27-14-15-5-8-19(9-6-15)28-24(17-4-2-3-16(11-17)12-22(30)31)23-20-10-7-18(26)13-21(20)29-25(23)32/h2-11,13,27-28H,12,14H2,1H3,(H,29,32)(H,30,31). The van der Waals surface area contributed by atoms with Gasteiger partial charge in [-0.1, -0.05) is 30.3 Å². The lowest BCUT2D eigenvalue weighted by Gasteiger charge is -2.16. The third-order valence-corrected chi connectivity index (χ3v) is 5.15. The van der Waals surface area contributed by atoms with Gasteiger partial charge in [-0.25, -0.2) is 4.39 Å². The second-order valence-corrected chi connectivity index (χ2v) is 7.52. The van der Waals surface area contributed by atoms with Crippen LogP contribution in [0.4, 0.5) is 15.8 Å². The smallest absolute Gasteiger partial charge is 0.307 e. The third-order valence-electron chi connectivity index (χ3n) is 5.15. The summed E-state index contributed by atoms with van der Waals surface area (Å²) in [6.07, 6.45) is -0.136. The fourth-order valence-electron chi connectivity index (χ4n) is 3.74. The van der Waals surface area contributed by atoms with E-state index in [9.17, 15) is 19.1 Å². The largest absolute Gasteiger partial charge is 0.481 e. The second-order valence-electron chi connectivity index (χ2n) is 7.52. The summed E-state index contributed by atoms with van der Waals surface area (Å²) >= 11 is 0. The lowest BCUT2D eigenvalue weighted by Crippen LogP contribution is -2.11. The SMILES string of the molecule is CNCc1ccc(NC(=C2C(=O)Nc3cc(F)ccc32)c2cccc(CC(=O)O)c2)cc1. The number of aliphatic carboxylic acids is 1. The van der Waals surface area contributed by atoms with Gasteiger partial charge >= 0.3 is 5.97 Å². The van der Waals surface area contributed by atoms with Crippen molar-refractivity contribution in [2.45, 2.75) is 13.0 Å². The van der Waals surface area contributed by atoms with E-state index < -0.39 is 11.8 Å². The molecule has 1 aliphatic heterocycles. The molecule has 0 spiro atoms. The van der Waals surface area contributed by atoms with Gasteiger partial charge in [-0.05, 0) is 60.1 Å². The molecule has 0 saturated carbocycles. The fraction of sp³-hybridized carbons (Fsp3) is 0.120. The number of rotatable bonds is 7. The van der Waals surface area contributed by atoms with Gasteiger partial charge in [0, 0.05) is 17.8 Å². The molecule has 32 heavy (non-hydrogen) atoms. The first-order valence-corrected chi connectivity index (χ1v) is 10.1. The molecule has 0 unspecified atom stereocenters. The van der Waals surface area contributed by atoms with Gasteiger partial charge < -0.3 is 21.1 Å². The van der Waals surface area contributed by atoms with E-state index in [-0.39, 0.29) is 12.3 Å². The number of anilines is 2. The molecule has 0 saturated heterocycles. The topological polar surface area (TPSA) is 90.5 Å². The molecule has 3 aromatic carbocycles. The van der Waals surface area contributed by atoms with Crippen molar-refractivity contribution in [2.75, 3.05) is 17.7 Å². The molecule has 0 aliphatic carbocycles. The normalized spacial score (nSPS) is 14.0. The predicted molar refractivity (Wildman–Crippen MR) is 122 cm³/mol. The number of halogens is 1. The summed E-state index contributed by atoms with van der Waals surface area (Å²) < 4.78 is 13.7. The summed E-state index contributed by atoms with van der Waals surface area (Å²) in [5.41, 5.74) is 5.00. The van der Waals surface area contributed by atoms with Crippen LogP contribution in [0.5, 0.6) is 0 Å². The summed E-state index contributed by atoms with van der Waals surface area (Å²) in [7, 11) is 1.87. The van der Waals surface area contributed by atoms with Crippen LogP contribution in [0.15, 0.2) is 66.7 Å². The van der Waals surface area contributed by atoms with Crippen molar-refractivity contribution in [3.63, 3.8) is 0 Å². The summed E-state index contributed by atoms with van der Waals surface area (Å²) in [6, 6.07) is 19.0. The molecule has 0 radical (unpaired) electrons. The minimum absolute atomic E-state index is 0.136. The molecule has 1 amide bonds. The second kappa shape index (κ2) is 9.03. The predicted octanol–water partition coefficient (Wildman–Crippen LogP) is 4.10. The van der Waals surface area contributed by atoms with Crippen LogP contribution in [0.3, 0.4) is 0 Å². The molecular weight excluding hydrogens is 409 g/mol. The van der Waals surface area contributed by atoms with Gasteiger partial charge in [-0.2, -0.15) is 0 Å². The van der Waals surface area contributed by atoms with E-state index >= 15 is 0 Å². The van der Waals surface area contributed by atoms with E-state index in [0.29, 0.717) is 33.6 Å². The first kappa shape index (κ1) is 21.3. The molecule has 0 fully saturated rings. The Balaban J connectivity index is 1.83. The average molecular weight is 431 g/mol. The number of carbonyl (C=O) groups is 2. The van der Waals surface area contributed by atoms with Gasteiger partial charge in [-0.3, -0.25) is 9.59 Å². The molecule has 4 N–H and O–H groups in total. The van der Waals surface area contributed by atoms with Crippen molar-refractivity contribution in [3.05, 3.63) is 94.8 Å². The Morgan fingerprint density at radius 1 is 1.03 bits per heavy atom. The maximum absolute atomic E-state index is 13.7. The Kier molecular flexibility index (Phi) is 6.00. The molecule has 4 rings (SSSR count). The Morgan fingerprint density at radius 3 is 2.53 bits per heavy atom. The highest BCUT2D eigenvalue weighted by atomic mass is 19.1. The minimum atomic E-state index is -0.941. The van der Waals surface area contributed by atoms with Gasteiger partial charge in [0.15, 0.2) is 0 Å². The van der Waals surface area contributed by atoms with Crippen molar-refractivity contribution in [1.82, 2.24) is 5.32 Å². The van der Waals surface area contributed by atoms with Crippen molar-refractivity contribution < 1.29 is 19.1 Å². The van der Waals surface area contributed by atoms with Crippen molar-refractivity contribution in [2.24, 2.45) is 0 Å². The van der Waals surface area contributed by atoms with E-state index in [1.807, 2.05) is 37.4 Å². The summed E-state index contributed by atoms with van der Waals surface area (Å²) in [5, 5.41) is 18.3. The fourth-order valence-corrected chi connectivity index (χ4v) is 3.74. The zero-order valence-electron chi connectivity index (χ0n) is 17.4. The molecule has 0 bridgehead atoms. The van der Waals surface area contributed by atoms with Crippen LogP contribution in [-0.2, 0) is 22.6 Å². The highest BCUT2D eigenvalue weighted by molar-refractivity contribution is 6.37. The highest BCUT2D eigenvalue weighted by Gasteiger charge is 2.29. The molecule has 1 heterocycles. The maximum Gasteiger partial charge on any atom is 0.307 e. The van der Waals surface area contributed by atoms with Crippen molar-refractivity contribution in [1.29, 1.82) is 0 Å². The van der Waals surface area contributed by atoms with Gasteiger partial charge in [0.25, 0.3) is 5.91 Å². The van der Waals surface area contributed by atoms with E-state index in [1.165, 1.54) is 12.1 Å². The minimum Gasteiger partial charge on any atom is -0.481 e. The Morgan fingerprint density at radius 2 is 1.81 bits per heavy atom. The zero-order valence-corrected chi connectivity index (χ0v) is 17.4. The number of nitrogens with one attached hydrogen (secondary N) is 3. The number of benzene rings is 3. The molecule has 1 aliphatic rings. The molecule has 0 aromatic heterocycles. The number of hydrogen-bond acceptors (Lipinski definition) is 4. The number of carbonyl (C=O) groups excluding carboxylic acids is 1. The van der Waals surface area contributed by atoms with E-state index in [2.05, 4.69) is 16.0 Å². The first-order valence-electron chi connectivity index (χ1n) is 10.1. The van der Waals surface area contributed by atoms with Gasteiger partial charge in [0.05, 0.1) is 23.4 Å². The average Bonchev–Trinajstić information content (AvgIpc) is 3.07. The molecule has 3 aromatic rings. The molecule has 162 valence electrons. The highest BCUT2D eigenvalue weighted by Crippen LogP contribution is 2.38. The van der Waals surface area contributed by atoms with Crippen LogP contribution in [0.2, 0.25) is 0 Å². The number of carboxylic acid groups (broad SMARTS) is 1. The number of carboxylic acids is 1. The summed E-state index contributed by atoms with van der Waals surface area (Å²) in [5.74, 6) is -1.74. The number of amides is 1. The monoisotopic (exact) mass is 431 g/mol. The van der Waals surface area contributed by atoms with Gasteiger partial charge in [-0.15, -0.1) is 0 Å². The first-order chi connectivity index (χ1) is 15.4. The lowest BCUT2D eigenvalue weighted by atomic mass is 9.98. The molecule has 7 heteroatoms. The van der Waals surface area contributed by atoms with Crippen LogP contribution in [0, 0.1) is 5.82 Å². The van der Waals surface area contributed by atoms with Crippen molar-refractivity contribution in [3.8, 4) is 0 Å². The Bertz CT molecular complexity index is 1220. The van der Waals surface area contributed by atoms with Crippen LogP contribution >= 0.6 is 0 Å². The van der Waals surface area contributed by atoms with Gasteiger partial charge in [0.2, 0.25) is 0 Å². The van der Waals surface area contributed by atoms with Crippen LogP contribution in [-0.4, -0.2) is 24.0 Å². The quantitative estimate of drug-likeness (QED) is 0.423. The van der Waals surface area contributed by atoms with Crippen LogP contribution in [0.1, 0.15) is 22.3 Å². The third kappa shape index (κ3) is 4.53.